The molecule has 192 valence electrons. The number of rotatable bonds is 10. The molecule has 0 bridgehead atoms. The Morgan fingerprint density at radius 3 is 2.05 bits per heavy atom. The van der Waals surface area contributed by atoms with Crippen LogP contribution in [0.3, 0.4) is 0 Å². The third kappa shape index (κ3) is 6.61. The first-order valence-corrected chi connectivity index (χ1v) is 17.9. The number of fused-ring (bicyclic) bond motifs is 2. The molecule has 2 atom stereocenters. The summed E-state index contributed by atoms with van der Waals surface area (Å²) in [6.07, 6.45) is 13.4. The van der Waals surface area contributed by atoms with Gasteiger partial charge >= 0.3 is 226 Å². The van der Waals surface area contributed by atoms with Crippen molar-refractivity contribution in [3.05, 3.63) is 106 Å². The fourth-order valence-corrected chi connectivity index (χ4v) is 14.8. The van der Waals surface area contributed by atoms with Crippen molar-refractivity contribution < 1.29 is 48.0 Å². The SMILES string of the molecule is CCCCP(CCCC)C1=Cc2ccccc2[CH]1[Zr+2][CH]1C(C)=Cc2c(-c3ccccc3)cccc21.[Cl-].[Cl-]. The van der Waals surface area contributed by atoms with Gasteiger partial charge in [-0.25, -0.2) is 0 Å². The predicted octanol–water partition coefficient (Wildman–Crippen LogP) is 4.08. The van der Waals surface area contributed by atoms with Crippen molar-refractivity contribution in [2.24, 2.45) is 0 Å². The zero-order valence-electron chi connectivity index (χ0n) is 22.2. The Morgan fingerprint density at radius 2 is 1.35 bits per heavy atom. The molecule has 0 saturated heterocycles. The van der Waals surface area contributed by atoms with E-state index in [0.29, 0.717) is 3.63 Å². The Hall–Kier alpha value is -0.967. The van der Waals surface area contributed by atoms with Crippen molar-refractivity contribution in [2.75, 3.05) is 12.3 Å². The number of hydrogen-bond donors (Lipinski definition) is 0. The molecule has 0 spiro atoms. The molecule has 0 fully saturated rings. The fraction of sp³-hybridized carbons (Fsp3) is 0.333. The average molecular weight is 627 g/mol. The van der Waals surface area contributed by atoms with Crippen LogP contribution in [0.1, 0.15) is 76.0 Å². The van der Waals surface area contributed by atoms with Crippen LogP contribution in [0.4, 0.5) is 0 Å². The molecule has 0 aliphatic heterocycles. The van der Waals surface area contributed by atoms with Crippen molar-refractivity contribution in [1.29, 1.82) is 0 Å². The third-order valence-electron chi connectivity index (χ3n) is 7.53. The van der Waals surface area contributed by atoms with Crippen LogP contribution in [0, 0.1) is 0 Å². The number of halogens is 2. The van der Waals surface area contributed by atoms with E-state index in [2.05, 4.69) is 106 Å². The van der Waals surface area contributed by atoms with Gasteiger partial charge in [0.15, 0.2) is 0 Å². The van der Waals surface area contributed by atoms with Gasteiger partial charge in [-0.1, -0.05) is 0 Å². The molecule has 0 saturated carbocycles. The Labute approximate surface area is 249 Å². The Bertz CT molecular complexity index is 1230. The van der Waals surface area contributed by atoms with Gasteiger partial charge in [0.2, 0.25) is 0 Å². The topological polar surface area (TPSA) is 0 Å². The second-order valence-corrected chi connectivity index (χ2v) is 16.1. The summed E-state index contributed by atoms with van der Waals surface area (Å²) in [4.78, 5) is 0. The summed E-state index contributed by atoms with van der Waals surface area (Å²) in [6.45, 7) is 7.11. The molecular formula is C33H37Cl2PZr. The molecule has 2 aliphatic carbocycles. The second kappa shape index (κ2) is 14.4. The van der Waals surface area contributed by atoms with Gasteiger partial charge in [0.1, 0.15) is 0 Å². The minimum absolute atomic E-state index is 0. The van der Waals surface area contributed by atoms with E-state index in [0.717, 1.165) is 3.63 Å². The van der Waals surface area contributed by atoms with Crippen LogP contribution in [0.25, 0.3) is 23.3 Å². The van der Waals surface area contributed by atoms with Gasteiger partial charge in [0, 0.05) is 0 Å². The van der Waals surface area contributed by atoms with Gasteiger partial charge in [-0.3, -0.25) is 0 Å². The second-order valence-electron chi connectivity index (χ2n) is 9.99. The summed E-state index contributed by atoms with van der Waals surface area (Å²) in [7, 11) is -0.0192. The van der Waals surface area contributed by atoms with Crippen molar-refractivity contribution >= 4 is 20.1 Å². The van der Waals surface area contributed by atoms with Crippen LogP contribution in [0.2, 0.25) is 0 Å². The zero-order chi connectivity index (χ0) is 24.2. The number of hydrogen-bond acceptors (Lipinski definition) is 0. The van der Waals surface area contributed by atoms with E-state index in [-0.39, 0.29) is 32.7 Å². The van der Waals surface area contributed by atoms with E-state index in [9.17, 15) is 0 Å². The van der Waals surface area contributed by atoms with Crippen LogP contribution in [0.15, 0.2) is 83.7 Å². The molecule has 0 heterocycles. The van der Waals surface area contributed by atoms with Crippen molar-refractivity contribution in [2.45, 2.75) is 53.7 Å². The van der Waals surface area contributed by atoms with E-state index < -0.39 is 23.2 Å². The number of allylic oxidation sites excluding steroid dienone is 2. The smallest absolute Gasteiger partial charge is 1.00 e. The zero-order valence-corrected chi connectivity index (χ0v) is 27.0. The van der Waals surface area contributed by atoms with Crippen LogP contribution in [-0.4, -0.2) is 12.3 Å². The summed E-state index contributed by atoms with van der Waals surface area (Å²) < 4.78 is 1.40. The van der Waals surface area contributed by atoms with Gasteiger partial charge in [-0.15, -0.1) is 0 Å². The maximum absolute atomic E-state index is 2.65. The van der Waals surface area contributed by atoms with E-state index in [4.69, 9.17) is 0 Å². The molecule has 4 heteroatoms. The average Bonchev–Trinajstić information content (AvgIpc) is 3.42. The van der Waals surface area contributed by atoms with Gasteiger partial charge in [-0.05, 0) is 0 Å². The Balaban J connectivity index is 0.00000190. The van der Waals surface area contributed by atoms with Crippen molar-refractivity contribution in [3.8, 4) is 11.1 Å². The Morgan fingerprint density at radius 1 is 0.703 bits per heavy atom. The van der Waals surface area contributed by atoms with E-state index in [1.807, 2.05) is 5.31 Å². The number of unbranched alkanes of at least 4 members (excludes halogenated alkanes) is 2. The van der Waals surface area contributed by atoms with Crippen molar-refractivity contribution in [3.63, 3.8) is 0 Å². The molecule has 2 unspecified atom stereocenters. The molecule has 0 nitrogen and oxygen atoms in total. The predicted molar refractivity (Wildman–Crippen MR) is 152 cm³/mol. The molecule has 2 aliphatic rings. The van der Waals surface area contributed by atoms with Gasteiger partial charge in [0.05, 0.1) is 0 Å². The van der Waals surface area contributed by atoms with E-state index >= 15 is 0 Å². The largest absolute Gasteiger partial charge is 1.00 e. The molecule has 3 aromatic rings. The standard InChI is InChI=1S/C17H24P.C16H13.2ClH.Zr/c1-3-5-11-18(12-6-4-2)17-13-15-9-7-8-10-16(15)14-17;1-12-10-14-8-5-9-15(16(14)11-12)13-6-3-2-4-7-13;;;/h7-10,13-14H,3-6,11-12H2,1-2H3;2-11H,1H3;2*1H;/q;;;;+2/p-2. The molecule has 0 amide bonds. The van der Waals surface area contributed by atoms with Crippen LogP contribution < -0.4 is 24.8 Å². The summed E-state index contributed by atoms with van der Waals surface area (Å²) in [5.74, 6) is 0. The molecule has 37 heavy (non-hydrogen) atoms. The van der Waals surface area contributed by atoms with E-state index in [1.54, 1.807) is 16.7 Å². The van der Waals surface area contributed by atoms with Crippen LogP contribution >= 0.6 is 7.92 Å². The summed E-state index contributed by atoms with van der Waals surface area (Å²) in [5, 5.41) is 1.86. The minimum Gasteiger partial charge on any atom is -1.00 e. The van der Waals surface area contributed by atoms with Crippen molar-refractivity contribution in [1.82, 2.24) is 0 Å². The normalized spacial score (nSPS) is 17.2. The Kier molecular flexibility index (Phi) is 11.9. The van der Waals surface area contributed by atoms with Crippen LogP contribution in [0.5, 0.6) is 0 Å². The first-order chi connectivity index (χ1) is 17.2. The molecular weight excluding hydrogens is 589 g/mol. The minimum atomic E-state index is -0.824. The van der Waals surface area contributed by atoms with Gasteiger partial charge in [-0.2, -0.15) is 0 Å². The quantitative estimate of drug-likeness (QED) is 0.298. The summed E-state index contributed by atoms with van der Waals surface area (Å²) >= 11 is -0.824. The molecule has 0 radical (unpaired) electrons. The van der Waals surface area contributed by atoms with Gasteiger partial charge < -0.3 is 24.8 Å². The molecule has 3 aromatic carbocycles. The maximum Gasteiger partial charge on any atom is -1.00 e. The van der Waals surface area contributed by atoms with E-state index in [1.165, 1.54) is 60.3 Å². The number of benzene rings is 3. The first kappa shape index (κ1) is 30.6. The van der Waals surface area contributed by atoms with Crippen LogP contribution in [-0.2, 0) is 23.2 Å². The first-order valence-electron chi connectivity index (χ1n) is 13.4. The van der Waals surface area contributed by atoms with Gasteiger partial charge in [0.25, 0.3) is 0 Å². The summed E-state index contributed by atoms with van der Waals surface area (Å²) in [5.41, 5.74) is 10.6. The third-order valence-corrected chi connectivity index (χ3v) is 16.0. The maximum atomic E-state index is 2.65. The summed E-state index contributed by atoms with van der Waals surface area (Å²) in [6, 6.07) is 27.4. The molecule has 0 N–H and O–H groups in total. The monoisotopic (exact) mass is 624 g/mol. The molecule has 5 rings (SSSR count). The fourth-order valence-electron chi connectivity index (χ4n) is 5.63. The molecule has 0 aromatic heterocycles.